The number of nitrogens with one attached hydrogen (secondary N) is 2. The maximum absolute atomic E-state index is 11.2. The Morgan fingerprint density at radius 2 is 1.94 bits per heavy atom. The van der Waals surface area contributed by atoms with Gasteiger partial charge in [-0.2, -0.15) is 0 Å². The molecule has 0 aliphatic carbocycles. The number of amides is 1. The Kier molecular flexibility index (Phi) is 8.21. The number of hydrogen-bond acceptors (Lipinski definition) is 3. The summed E-state index contributed by atoms with van der Waals surface area (Å²) in [5.74, 6) is 0.125. The van der Waals surface area contributed by atoms with E-state index in [-0.39, 0.29) is 11.5 Å². The topological polar surface area (TPSA) is 50.4 Å². The maximum atomic E-state index is 11.2. The highest BCUT2D eigenvalue weighted by atomic mass is 16.5. The van der Waals surface area contributed by atoms with Gasteiger partial charge in [0, 0.05) is 26.6 Å². The summed E-state index contributed by atoms with van der Waals surface area (Å²) >= 11 is 0. The molecule has 1 amide bonds. The third-order valence-electron chi connectivity index (χ3n) is 2.56. The summed E-state index contributed by atoms with van der Waals surface area (Å²) in [5, 5.41) is 6.09. The fraction of sp³-hybridized carbons (Fsp3) is 0.917. The van der Waals surface area contributed by atoms with Crippen LogP contribution in [0.1, 0.15) is 40.0 Å². The van der Waals surface area contributed by atoms with Gasteiger partial charge in [0.25, 0.3) is 0 Å². The molecule has 0 unspecified atom stereocenters. The van der Waals surface area contributed by atoms with Gasteiger partial charge < -0.3 is 15.4 Å². The van der Waals surface area contributed by atoms with E-state index in [9.17, 15) is 4.79 Å². The zero-order valence-corrected chi connectivity index (χ0v) is 11.1. The molecule has 4 heteroatoms. The van der Waals surface area contributed by atoms with Gasteiger partial charge in [0.05, 0.1) is 5.60 Å². The lowest BCUT2D eigenvalue weighted by atomic mass is 10.1. The fourth-order valence-corrected chi connectivity index (χ4v) is 1.17. The molecule has 0 rings (SSSR count). The van der Waals surface area contributed by atoms with Crippen LogP contribution in [0.15, 0.2) is 0 Å². The molecular weight excluding hydrogens is 204 g/mol. The maximum Gasteiger partial charge on any atom is 0.221 e. The summed E-state index contributed by atoms with van der Waals surface area (Å²) in [6.07, 6.45) is 2.48. The molecule has 0 spiro atoms. The van der Waals surface area contributed by atoms with Crippen LogP contribution < -0.4 is 10.6 Å². The molecule has 2 N–H and O–H groups in total. The first-order valence-electron chi connectivity index (χ1n) is 6.04. The van der Waals surface area contributed by atoms with Gasteiger partial charge >= 0.3 is 0 Å². The van der Waals surface area contributed by atoms with Crippen LogP contribution in [-0.2, 0) is 9.53 Å². The quantitative estimate of drug-likeness (QED) is 0.587. The molecule has 0 bridgehead atoms. The summed E-state index contributed by atoms with van der Waals surface area (Å²) in [5.41, 5.74) is -0.0858. The molecule has 4 nitrogen and oxygen atoms in total. The first kappa shape index (κ1) is 15.4. The minimum atomic E-state index is -0.0858. The molecule has 96 valence electrons. The van der Waals surface area contributed by atoms with Crippen molar-refractivity contribution in [2.24, 2.45) is 0 Å². The highest BCUT2D eigenvalue weighted by Gasteiger charge is 2.14. The van der Waals surface area contributed by atoms with Crippen LogP contribution in [0.25, 0.3) is 0 Å². The van der Waals surface area contributed by atoms with Crippen molar-refractivity contribution in [3.05, 3.63) is 0 Å². The van der Waals surface area contributed by atoms with E-state index in [1.54, 1.807) is 7.11 Å². The van der Waals surface area contributed by atoms with Crippen LogP contribution in [0.3, 0.4) is 0 Å². The Labute approximate surface area is 99.1 Å². The van der Waals surface area contributed by atoms with Gasteiger partial charge in [-0.05, 0) is 33.2 Å². The molecular formula is C12H26N2O2. The van der Waals surface area contributed by atoms with E-state index in [2.05, 4.69) is 24.5 Å². The predicted octanol–water partition coefficient (Wildman–Crippen LogP) is 1.31. The van der Waals surface area contributed by atoms with Crippen LogP contribution in [0.4, 0.5) is 0 Å². The van der Waals surface area contributed by atoms with Crippen LogP contribution in [0, 0.1) is 0 Å². The van der Waals surface area contributed by atoms with Crippen molar-refractivity contribution in [1.29, 1.82) is 0 Å². The minimum Gasteiger partial charge on any atom is -0.379 e. The number of ether oxygens (including phenoxy) is 1. The summed E-state index contributed by atoms with van der Waals surface area (Å²) < 4.78 is 5.30. The van der Waals surface area contributed by atoms with Crippen molar-refractivity contribution in [2.75, 3.05) is 26.7 Å². The zero-order valence-electron chi connectivity index (χ0n) is 11.1. The normalized spacial score (nSPS) is 11.5. The number of rotatable bonds is 9. The molecule has 0 heterocycles. The van der Waals surface area contributed by atoms with Gasteiger partial charge in [-0.1, -0.05) is 6.92 Å². The van der Waals surface area contributed by atoms with Crippen molar-refractivity contribution in [3.63, 3.8) is 0 Å². The standard InChI is InChI=1S/C12H26N2O2/c1-5-8-14-11(15)6-9-13-10-7-12(2,3)16-4/h13H,5-10H2,1-4H3,(H,14,15). The highest BCUT2D eigenvalue weighted by Crippen LogP contribution is 2.11. The minimum absolute atomic E-state index is 0.0858. The second kappa shape index (κ2) is 8.53. The first-order valence-corrected chi connectivity index (χ1v) is 6.04. The molecule has 0 radical (unpaired) electrons. The largest absolute Gasteiger partial charge is 0.379 e. The van der Waals surface area contributed by atoms with E-state index < -0.39 is 0 Å². The van der Waals surface area contributed by atoms with Gasteiger partial charge in [0.1, 0.15) is 0 Å². The highest BCUT2D eigenvalue weighted by molar-refractivity contribution is 5.75. The van der Waals surface area contributed by atoms with Crippen LogP contribution >= 0.6 is 0 Å². The van der Waals surface area contributed by atoms with Gasteiger partial charge in [0.15, 0.2) is 0 Å². The average Bonchev–Trinajstić information content (AvgIpc) is 2.25. The van der Waals surface area contributed by atoms with Gasteiger partial charge in [0.2, 0.25) is 5.91 Å². The van der Waals surface area contributed by atoms with E-state index in [0.29, 0.717) is 6.42 Å². The van der Waals surface area contributed by atoms with Crippen LogP contribution in [-0.4, -0.2) is 38.3 Å². The van der Waals surface area contributed by atoms with E-state index in [1.165, 1.54) is 0 Å². The third-order valence-corrected chi connectivity index (χ3v) is 2.56. The first-order chi connectivity index (χ1) is 7.52. The van der Waals surface area contributed by atoms with Crippen molar-refractivity contribution < 1.29 is 9.53 Å². The lowest BCUT2D eigenvalue weighted by Crippen LogP contribution is -2.32. The van der Waals surface area contributed by atoms with Gasteiger partial charge in [-0.3, -0.25) is 4.79 Å². The van der Waals surface area contributed by atoms with Crippen molar-refractivity contribution in [2.45, 2.75) is 45.6 Å². The van der Waals surface area contributed by atoms with Gasteiger partial charge in [-0.25, -0.2) is 0 Å². The summed E-state index contributed by atoms with van der Waals surface area (Å²) in [7, 11) is 1.72. The SMILES string of the molecule is CCCNC(=O)CCNCCC(C)(C)OC. The smallest absolute Gasteiger partial charge is 0.221 e. The lowest BCUT2D eigenvalue weighted by molar-refractivity contribution is -0.120. The third kappa shape index (κ3) is 8.68. The Morgan fingerprint density at radius 1 is 1.25 bits per heavy atom. The average molecular weight is 230 g/mol. The van der Waals surface area contributed by atoms with Crippen molar-refractivity contribution in [3.8, 4) is 0 Å². The second-order valence-electron chi connectivity index (χ2n) is 4.56. The number of carbonyl (C=O) groups excluding carboxylic acids is 1. The molecule has 0 aromatic carbocycles. The molecule has 0 aliphatic heterocycles. The molecule has 0 saturated carbocycles. The van der Waals surface area contributed by atoms with Gasteiger partial charge in [-0.15, -0.1) is 0 Å². The molecule has 0 fully saturated rings. The Bertz CT molecular complexity index is 193. The Morgan fingerprint density at radius 3 is 2.50 bits per heavy atom. The number of carbonyl (C=O) groups is 1. The van der Waals surface area contributed by atoms with Crippen LogP contribution in [0.5, 0.6) is 0 Å². The monoisotopic (exact) mass is 230 g/mol. The number of methoxy groups -OCH3 is 1. The molecule has 0 aromatic heterocycles. The second-order valence-corrected chi connectivity index (χ2v) is 4.56. The Balaban J connectivity index is 3.36. The molecule has 16 heavy (non-hydrogen) atoms. The van der Waals surface area contributed by atoms with E-state index >= 15 is 0 Å². The lowest BCUT2D eigenvalue weighted by Gasteiger charge is -2.22. The van der Waals surface area contributed by atoms with E-state index in [4.69, 9.17) is 4.74 Å². The summed E-state index contributed by atoms with van der Waals surface area (Å²) in [6.45, 7) is 8.55. The van der Waals surface area contributed by atoms with E-state index in [0.717, 1.165) is 32.5 Å². The van der Waals surface area contributed by atoms with Crippen LogP contribution in [0.2, 0.25) is 0 Å². The fourth-order valence-electron chi connectivity index (χ4n) is 1.17. The summed E-state index contributed by atoms with van der Waals surface area (Å²) in [6, 6.07) is 0. The van der Waals surface area contributed by atoms with Crippen molar-refractivity contribution >= 4 is 5.91 Å². The predicted molar refractivity (Wildman–Crippen MR) is 66.5 cm³/mol. The summed E-state index contributed by atoms with van der Waals surface area (Å²) in [4.78, 5) is 11.2. The number of hydrogen-bond donors (Lipinski definition) is 2. The molecule has 0 atom stereocenters. The molecule has 0 aliphatic rings. The van der Waals surface area contributed by atoms with Crippen molar-refractivity contribution in [1.82, 2.24) is 10.6 Å². The molecule has 0 saturated heterocycles. The Hall–Kier alpha value is -0.610. The zero-order chi connectivity index (χ0) is 12.4. The molecule has 0 aromatic rings. The van der Waals surface area contributed by atoms with E-state index in [1.807, 2.05) is 6.92 Å².